The number of benzene rings is 2. The van der Waals surface area contributed by atoms with Crippen LogP contribution in [0.25, 0.3) is 16.8 Å². The number of amides is 1. The van der Waals surface area contributed by atoms with E-state index >= 15 is 0 Å². The molecule has 0 radical (unpaired) electrons. The second-order valence-corrected chi connectivity index (χ2v) is 7.84. The highest BCUT2D eigenvalue weighted by atomic mass is 32.2. The van der Waals surface area contributed by atoms with Crippen molar-refractivity contribution in [1.82, 2.24) is 24.9 Å². The number of para-hydroxylation sites is 2. The van der Waals surface area contributed by atoms with Crippen LogP contribution in [0.2, 0.25) is 0 Å². The van der Waals surface area contributed by atoms with E-state index < -0.39 is 0 Å². The van der Waals surface area contributed by atoms with Gasteiger partial charge in [-0.3, -0.25) is 9.20 Å². The molecule has 2 aromatic heterocycles. The fourth-order valence-electron chi connectivity index (χ4n) is 3.28. The predicted octanol–water partition coefficient (Wildman–Crippen LogP) is 1.30. The second kappa shape index (κ2) is 8.04. The van der Waals surface area contributed by atoms with Crippen LogP contribution in [0, 0.1) is 0 Å². The van der Waals surface area contributed by atoms with Crippen molar-refractivity contribution in [2.75, 3.05) is 26.4 Å². The molecular formula is C20H23N6OS+. The van der Waals surface area contributed by atoms with Gasteiger partial charge in [0.25, 0.3) is 0 Å². The lowest BCUT2D eigenvalue weighted by molar-refractivity contribution is -0.890. The van der Waals surface area contributed by atoms with Crippen molar-refractivity contribution < 1.29 is 9.69 Å². The van der Waals surface area contributed by atoms with Gasteiger partial charge in [0.05, 0.1) is 37.4 Å². The van der Waals surface area contributed by atoms with Gasteiger partial charge in [0.2, 0.25) is 11.7 Å². The monoisotopic (exact) mass is 395 g/mol. The molecule has 7 nitrogen and oxygen atoms in total. The molecule has 28 heavy (non-hydrogen) atoms. The molecule has 0 unspecified atom stereocenters. The molecule has 4 rings (SSSR count). The Morgan fingerprint density at radius 3 is 2.71 bits per heavy atom. The van der Waals surface area contributed by atoms with E-state index in [0.29, 0.717) is 18.1 Å². The smallest absolute Gasteiger partial charge is 0.231 e. The summed E-state index contributed by atoms with van der Waals surface area (Å²) in [6, 6.07) is 18.4. The lowest BCUT2D eigenvalue weighted by Gasteiger charge is -2.22. The van der Waals surface area contributed by atoms with Crippen LogP contribution in [0.4, 0.5) is 0 Å². The van der Waals surface area contributed by atoms with Crippen LogP contribution < -0.4 is 10.2 Å². The fourth-order valence-corrected chi connectivity index (χ4v) is 4.06. The third-order valence-electron chi connectivity index (χ3n) is 4.74. The Labute approximate surface area is 167 Å². The number of quaternary nitrogens is 1. The van der Waals surface area contributed by atoms with Gasteiger partial charge in [0.1, 0.15) is 6.04 Å². The van der Waals surface area contributed by atoms with Gasteiger partial charge in [0, 0.05) is 5.56 Å². The summed E-state index contributed by atoms with van der Waals surface area (Å²) < 4.78 is 1.95. The number of hydrogen-bond acceptors (Lipinski definition) is 4. The molecule has 8 heteroatoms. The van der Waals surface area contributed by atoms with Gasteiger partial charge in [-0.2, -0.15) is 0 Å². The second-order valence-electron chi connectivity index (χ2n) is 6.90. The molecule has 2 aromatic carbocycles. The van der Waals surface area contributed by atoms with Crippen molar-refractivity contribution in [3.05, 3.63) is 60.2 Å². The highest BCUT2D eigenvalue weighted by Crippen LogP contribution is 2.22. The highest BCUT2D eigenvalue weighted by Gasteiger charge is 2.19. The van der Waals surface area contributed by atoms with Crippen molar-refractivity contribution in [1.29, 1.82) is 0 Å². The lowest BCUT2D eigenvalue weighted by Crippen LogP contribution is -3.07. The Hall–Kier alpha value is -2.84. The van der Waals surface area contributed by atoms with E-state index in [1.807, 2.05) is 46.9 Å². The van der Waals surface area contributed by atoms with E-state index in [1.54, 1.807) is 0 Å². The topological polar surface area (TPSA) is 79.5 Å². The Kier molecular flexibility index (Phi) is 5.31. The summed E-state index contributed by atoms with van der Waals surface area (Å²) >= 11 is 1.40. The first kappa shape index (κ1) is 18.5. The number of nitrogens with zero attached hydrogens (tertiary/aromatic N) is 3. The number of hydrogen-bond donors (Lipinski definition) is 3. The number of H-pyrrole nitrogens is 1. The van der Waals surface area contributed by atoms with Crippen LogP contribution in [-0.2, 0) is 4.79 Å². The van der Waals surface area contributed by atoms with Crippen molar-refractivity contribution in [2.45, 2.75) is 11.2 Å². The van der Waals surface area contributed by atoms with E-state index in [-0.39, 0.29) is 11.9 Å². The lowest BCUT2D eigenvalue weighted by atomic mass is 10.1. The summed E-state index contributed by atoms with van der Waals surface area (Å²) in [5.41, 5.74) is 3.10. The number of carbonyl (C=O) groups excluding carboxylic acids is 1. The number of nitrogens with one attached hydrogen (secondary N) is 3. The molecule has 3 N–H and O–H groups in total. The zero-order valence-corrected chi connectivity index (χ0v) is 16.7. The zero-order chi connectivity index (χ0) is 19.5. The Morgan fingerprint density at radius 2 is 1.93 bits per heavy atom. The first-order chi connectivity index (χ1) is 13.6. The van der Waals surface area contributed by atoms with E-state index in [4.69, 9.17) is 0 Å². The summed E-state index contributed by atoms with van der Waals surface area (Å²) in [7, 11) is 4.20. The summed E-state index contributed by atoms with van der Waals surface area (Å²) in [5.74, 6) is 0.980. The van der Waals surface area contributed by atoms with Crippen LogP contribution in [0.3, 0.4) is 0 Å². The van der Waals surface area contributed by atoms with E-state index in [0.717, 1.165) is 16.2 Å². The van der Waals surface area contributed by atoms with Crippen molar-refractivity contribution >= 4 is 34.5 Å². The number of thioether (sulfide) groups is 1. The Bertz CT molecular complexity index is 1090. The van der Waals surface area contributed by atoms with Crippen LogP contribution in [-0.4, -0.2) is 51.9 Å². The number of rotatable bonds is 7. The molecule has 144 valence electrons. The standard InChI is InChI=1S/C20H22N6OS/c1-25(2)17(14-8-4-3-5-9-14)12-21-18(27)13-28-20-24-23-19-22-15-10-6-7-11-16(15)26(19)20/h3-11,17H,12-13H2,1-2H3,(H,21,27)(H,22,23)/p+1/t17-/m1/s1. The number of aromatic nitrogens is 4. The molecular weight excluding hydrogens is 372 g/mol. The zero-order valence-electron chi connectivity index (χ0n) is 15.8. The molecule has 1 atom stereocenters. The third-order valence-corrected chi connectivity index (χ3v) is 5.68. The first-order valence-electron chi connectivity index (χ1n) is 9.19. The molecule has 1 amide bonds. The first-order valence-corrected chi connectivity index (χ1v) is 10.2. The number of imidazole rings is 1. The van der Waals surface area contributed by atoms with Crippen molar-refractivity contribution in [3.8, 4) is 0 Å². The Balaban J connectivity index is 1.40. The minimum absolute atomic E-state index is 0.00671. The average molecular weight is 396 g/mol. The number of likely N-dealkylation sites (N-methyl/N-ethyl adjacent to an activating group) is 1. The molecule has 0 aliphatic rings. The van der Waals surface area contributed by atoms with Crippen LogP contribution in [0.15, 0.2) is 59.8 Å². The predicted molar refractivity (Wildman–Crippen MR) is 111 cm³/mol. The molecule has 4 aromatic rings. The molecule has 0 bridgehead atoms. The van der Waals surface area contributed by atoms with Gasteiger partial charge in [-0.15, -0.1) is 5.10 Å². The van der Waals surface area contributed by atoms with E-state index in [9.17, 15) is 4.79 Å². The summed E-state index contributed by atoms with van der Waals surface area (Å²) in [4.78, 5) is 18.2. The maximum Gasteiger partial charge on any atom is 0.231 e. The maximum atomic E-state index is 12.4. The van der Waals surface area contributed by atoms with E-state index in [2.05, 4.69) is 46.7 Å². The largest absolute Gasteiger partial charge is 0.349 e. The molecule has 0 spiro atoms. The molecule has 2 heterocycles. The minimum atomic E-state index is -0.00671. The molecule has 0 aliphatic carbocycles. The number of carbonyl (C=O) groups is 1. The van der Waals surface area contributed by atoms with E-state index in [1.165, 1.54) is 22.2 Å². The van der Waals surface area contributed by atoms with Crippen LogP contribution in [0.1, 0.15) is 11.6 Å². The maximum absolute atomic E-state index is 12.4. The summed E-state index contributed by atoms with van der Waals surface area (Å²) in [6.45, 7) is 0.593. The normalized spacial score (nSPS) is 12.7. The van der Waals surface area contributed by atoms with Gasteiger partial charge >= 0.3 is 0 Å². The number of aromatic amines is 1. The Morgan fingerprint density at radius 1 is 1.18 bits per heavy atom. The van der Waals surface area contributed by atoms with Crippen LogP contribution in [0.5, 0.6) is 0 Å². The van der Waals surface area contributed by atoms with Crippen molar-refractivity contribution in [2.24, 2.45) is 0 Å². The molecule has 0 aliphatic heterocycles. The van der Waals surface area contributed by atoms with Gasteiger partial charge < -0.3 is 10.2 Å². The fraction of sp³-hybridized carbons (Fsp3) is 0.250. The molecule has 0 saturated heterocycles. The van der Waals surface area contributed by atoms with Crippen LogP contribution >= 0.6 is 11.8 Å². The summed E-state index contributed by atoms with van der Waals surface area (Å²) in [5, 5.41) is 11.0. The number of fused-ring (bicyclic) bond motifs is 3. The van der Waals surface area contributed by atoms with Crippen molar-refractivity contribution in [3.63, 3.8) is 0 Å². The van der Waals surface area contributed by atoms with Gasteiger partial charge in [-0.1, -0.05) is 54.2 Å². The SMILES string of the molecule is C[NH+](C)[C@H](CNC(=O)CSc1n[nH]c2nc3ccccc3n12)c1ccccc1. The molecule has 0 saturated carbocycles. The highest BCUT2D eigenvalue weighted by molar-refractivity contribution is 7.99. The van der Waals surface area contributed by atoms with Gasteiger partial charge in [0.15, 0.2) is 5.16 Å². The molecule has 0 fully saturated rings. The third kappa shape index (κ3) is 3.74. The van der Waals surface area contributed by atoms with Gasteiger partial charge in [-0.25, -0.2) is 10.1 Å². The summed E-state index contributed by atoms with van der Waals surface area (Å²) in [6.07, 6.45) is 0. The minimum Gasteiger partial charge on any atom is -0.349 e. The van der Waals surface area contributed by atoms with Gasteiger partial charge in [-0.05, 0) is 12.1 Å². The average Bonchev–Trinajstić information content (AvgIpc) is 3.26. The quantitative estimate of drug-likeness (QED) is 0.412.